The lowest BCUT2D eigenvalue weighted by Gasteiger charge is -2.17. The number of para-hydroxylation sites is 3. The maximum absolute atomic E-state index is 5.97. The van der Waals surface area contributed by atoms with Gasteiger partial charge in [0, 0.05) is 6.04 Å². The molecule has 0 amide bonds. The maximum atomic E-state index is 5.97. The van der Waals surface area contributed by atoms with E-state index in [4.69, 9.17) is 4.74 Å². The fraction of sp³-hybridized carbons (Fsp3) is 0.111. The Morgan fingerprint density at radius 2 is 1.71 bits per heavy atom. The maximum Gasteiger partial charge on any atom is 0.150 e. The zero-order chi connectivity index (χ0) is 14.5. The van der Waals surface area contributed by atoms with Gasteiger partial charge in [0.2, 0.25) is 0 Å². The van der Waals surface area contributed by atoms with Crippen LogP contribution in [0.4, 0.5) is 5.69 Å². The van der Waals surface area contributed by atoms with Crippen LogP contribution >= 0.6 is 11.3 Å². The van der Waals surface area contributed by atoms with Crippen LogP contribution in [-0.2, 0) is 0 Å². The van der Waals surface area contributed by atoms with Gasteiger partial charge >= 0.3 is 0 Å². The molecule has 3 aromatic rings. The predicted octanol–water partition coefficient (Wildman–Crippen LogP) is 5.71. The van der Waals surface area contributed by atoms with Crippen LogP contribution in [0.2, 0.25) is 0 Å². The number of benzene rings is 2. The van der Waals surface area contributed by atoms with Gasteiger partial charge in [-0.2, -0.15) is 11.3 Å². The van der Waals surface area contributed by atoms with Gasteiger partial charge in [-0.25, -0.2) is 0 Å². The highest BCUT2D eigenvalue weighted by Crippen LogP contribution is 2.32. The normalized spacial score (nSPS) is 11.9. The molecule has 0 fully saturated rings. The first-order valence-corrected chi connectivity index (χ1v) is 7.88. The van der Waals surface area contributed by atoms with E-state index < -0.39 is 0 Å². The highest BCUT2D eigenvalue weighted by Gasteiger charge is 2.09. The smallest absolute Gasteiger partial charge is 0.150 e. The fourth-order valence-corrected chi connectivity index (χ4v) is 2.88. The third-order valence-corrected chi connectivity index (χ3v) is 3.97. The Bertz CT molecular complexity index is 679. The van der Waals surface area contributed by atoms with E-state index in [1.54, 1.807) is 11.3 Å². The Balaban J connectivity index is 1.79. The summed E-state index contributed by atoms with van der Waals surface area (Å²) in [5.74, 6) is 1.68. The molecule has 21 heavy (non-hydrogen) atoms. The third-order valence-electron chi connectivity index (χ3n) is 3.27. The minimum Gasteiger partial charge on any atom is -0.455 e. The minimum atomic E-state index is 0.247. The summed E-state index contributed by atoms with van der Waals surface area (Å²) >= 11 is 1.71. The van der Waals surface area contributed by atoms with Crippen LogP contribution in [0.15, 0.2) is 71.4 Å². The van der Waals surface area contributed by atoms with Gasteiger partial charge in [0.25, 0.3) is 0 Å². The summed E-state index contributed by atoms with van der Waals surface area (Å²) < 4.78 is 5.97. The molecule has 0 bridgehead atoms. The summed E-state index contributed by atoms with van der Waals surface area (Å²) in [4.78, 5) is 0. The second kappa shape index (κ2) is 6.46. The van der Waals surface area contributed by atoms with E-state index in [-0.39, 0.29) is 6.04 Å². The topological polar surface area (TPSA) is 21.3 Å². The molecule has 3 heteroatoms. The number of anilines is 1. The highest BCUT2D eigenvalue weighted by atomic mass is 32.1. The van der Waals surface area contributed by atoms with Crippen molar-refractivity contribution in [2.75, 3.05) is 5.32 Å². The summed E-state index contributed by atoms with van der Waals surface area (Å²) in [6.07, 6.45) is 0. The summed E-state index contributed by atoms with van der Waals surface area (Å²) in [6, 6.07) is 20.3. The quantitative estimate of drug-likeness (QED) is 0.650. The lowest BCUT2D eigenvalue weighted by atomic mass is 10.1. The molecule has 3 rings (SSSR count). The SMILES string of the molecule is CC(Nc1ccccc1Oc1ccccc1)c1ccsc1. The molecule has 0 aliphatic rings. The van der Waals surface area contributed by atoms with Crippen LogP contribution in [0, 0.1) is 0 Å². The van der Waals surface area contributed by atoms with Crippen molar-refractivity contribution in [2.24, 2.45) is 0 Å². The monoisotopic (exact) mass is 295 g/mol. The zero-order valence-corrected chi connectivity index (χ0v) is 12.6. The van der Waals surface area contributed by atoms with E-state index in [1.807, 2.05) is 54.6 Å². The van der Waals surface area contributed by atoms with Gasteiger partial charge in [0.05, 0.1) is 5.69 Å². The van der Waals surface area contributed by atoms with E-state index in [2.05, 4.69) is 29.1 Å². The molecular formula is C18H17NOS. The number of hydrogen-bond donors (Lipinski definition) is 1. The lowest BCUT2D eigenvalue weighted by Crippen LogP contribution is -2.06. The number of rotatable bonds is 5. The highest BCUT2D eigenvalue weighted by molar-refractivity contribution is 7.07. The van der Waals surface area contributed by atoms with Crippen molar-refractivity contribution >= 4 is 17.0 Å². The Hall–Kier alpha value is -2.26. The van der Waals surface area contributed by atoms with Crippen molar-refractivity contribution in [2.45, 2.75) is 13.0 Å². The summed E-state index contributed by atoms with van der Waals surface area (Å²) in [5.41, 5.74) is 2.29. The van der Waals surface area contributed by atoms with Crippen molar-refractivity contribution in [1.82, 2.24) is 0 Å². The van der Waals surface area contributed by atoms with Crippen molar-refractivity contribution in [3.8, 4) is 11.5 Å². The van der Waals surface area contributed by atoms with Gasteiger partial charge < -0.3 is 10.1 Å². The van der Waals surface area contributed by atoms with Crippen molar-refractivity contribution in [3.63, 3.8) is 0 Å². The standard InChI is InChI=1S/C18H17NOS/c1-14(15-11-12-21-13-15)19-17-9-5-6-10-18(17)20-16-7-3-2-4-8-16/h2-14,19H,1H3. The Labute approximate surface area is 129 Å². The molecule has 1 aromatic heterocycles. The molecule has 0 aliphatic heterocycles. The largest absolute Gasteiger partial charge is 0.455 e. The lowest BCUT2D eigenvalue weighted by molar-refractivity contribution is 0.484. The van der Waals surface area contributed by atoms with Crippen LogP contribution < -0.4 is 10.1 Å². The fourth-order valence-electron chi connectivity index (χ4n) is 2.13. The van der Waals surface area contributed by atoms with Crippen LogP contribution in [0.5, 0.6) is 11.5 Å². The molecule has 2 aromatic carbocycles. The van der Waals surface area contributed by atoms with E-state index >= 15 is 0 Å². The molecule has 0 saturated heterocycles. The molecule has 0 spiro atoms. The van der Waals surface area contributed by atoms with E-state index in [0.717, 1.165) is 17.2 Å². The van der Waals surface area contributed by atoms with Crippen molar-refractivity contribution < 1.29 is 4.74 Å². The minimum absolute atomic E-state index is 0.247. The molecule has 106 valence electrons. The predicted molar refractivity (Wildman–Crippen MR) is 89.3 cm³/mol. The van der Waals surface area contributed by atoms with Gasteiger partial charge in [-0.3, -0.25) is 0 Å². The molecular weight excluding hydrogens is 278 g/mol. The first kappa shape index (κ1) is 13.7. The zero-order valence-electron chi connectivity index (χ0n) is 11.8. The second-order valence-corrected chi connectivity index (χ2v) is 5.61. The summed E-state index contributed by atoms with van der Waals surface area (Å²) in [7, 11) is 0. The van der Waals surface area contributed by atoms with E-state index in [1.165, 1.54) is 5.56 Å². The molecule has 0 radical (unpaired) electrons. The number of thiophene rings is 1. The Morgan fingerprint density at radius 1 is 0.952 bits per heavy atom. The molecule has 1 unspecified atom stereocenters. The number of ether oxygens (including phenoxy) is 1. The van der Waals surface area contributed by atoms with Crippen molar-refractivity contribution in [3.05, 3.63) is 77.0 Å². The first-order chi connectivity index (χ1) is 10.3. The molecule has 1 heterocycles. The van der Waals surface area contributed by atoms with Crippen LogP contribution in [0.3, 0.4) is 0 Å². The van der Waals surface area contributed by atoms with Gasteiger partial charge in [-0.15, -0.1) is 0 Å². The molecule has 0 saturated carbocycles. The van der Waals surface area contributed by atoms with Crippen molar-refractivity contribution in [1.29, 1.82) is 0 Å². The Kier molecular flexibility index (Phi) is 4.22. The van der Waals surface area contributed by atoms with Gasteiger partial charge in [0.1, 0.15) is 5.75 Å². The van der Waals surface area contributed by atoms with Crippen LogP contribution in [-0.4, -0.2) is 0 Å². The average molecular weight is 295 g/mol. The average Bonchev–Trinajstić information content (AvgIpc) is 3.05. The molecule has 1 N–H and O–H groups in total. The summed E-state index contributed by atoms with van der Waals surface area (Å²) in [5, 5.41) is 7.78. The van der Waals surface area contributed by atoms with E-state index in [0.29, 0.717) is 0 Å². The van der Waals surface area contributed by atoms with Crippen LogP contribution in [0.1, 0.15) is 18.5 Å². The molecule has 2 nitrogen and oxygen atoms in total. The Morgan fingerprint density at radius 3 is 2.48 bits per heavy atom. The van der Waals surface area contributed by atoms with Gasteiger partial charge in [-0.05, 0) is 53.6 Å². The van der Waals surface area contributed by atoms with Gasteiger partial charge in [-0.1, -0.05) is 30.3 Å². The summed E-state index contributed by atoms with van der Waals surface area (Å²) in [6.45, 7) is 2.15. The van der Waals surface area contributed by atoms with Gasteiger partial charge in [0.15, 0.2) is 5.75 Å². The first-order valence-electron chi connectivity index (χ1n) is 6.93. The second-order valence-electron chi connectivity index (χ2n) is 4.83. The molecule has 0 aliphatic carbocycles. The van der Waals surface area contributed by atoms with Crippen LogP contribution in [0.25, 0.3) is 0 Å². The third kappa shape index (κ3) is 3.44. The number of nitrogens with one attached hydrogen (secondary N) is 1. The van der Waals surface area contributed by atoms with E-state index in [9.17, 15) is 0 Å². The molecule has 1 atom stereocenters. The number of hydrogen-bond acceptors (Lipinski definition) is 3.